The maximum Gasteiger partial charge on any atom is 0.356 e. The average molecular weight is 371 g/mol. The number of nitrogens with zero attached hydrogens (tertiary/aromatic N) is 2. The van der Waals surface area contributed by atoms with Gasteiger partial charge < -0.3 is 19.9 Å². The quantitative estimate of drug-likeness (QED) is 0.769. The zero-order valence-corrected chi connectivity index (χ0v) is 15.0. The van der Waals surface area contributed by atoms with Crippen LogP contribution in [0.25, 0.3) is 0 Å². The third kappa shape index (κ3) is 4.72. The summed E-state index contributed by atoms with van der Waals surface area (Å²) in [5.41, 5.74) is 0.659. The van der Waals surface area contributed by atoms with Crippen molar-refractivity contribution < 1.29 is 24.2 Å². The Morgan fingerprint density at radius 3 is 2.52 bits per heavy atom. The summed E-state index contributed by atoms with van der Waals surface area (Å²) in [5.74, 6) is -0.259. The molecule has 8 nitrogen and oxygen atoms in total. The van der Waals surface area contributed by atoms with Gasteiger partial charge in [0.15, 0.2) is 5.69 Å². The minimum absolute atomic E-state index is 0.0479. The van der Waals surface area contributed by atoms with E-state index < -0.39 is 11.9 Å². The third-order valence-corrected chi connectivity index (χ3v) is 4.41. The highest BCUT2D eigenvalue weighted by Crippen LogP contribution is 2.30. The van der Waals surface area contributed by atoms with E-state index in [9.17, 15) is 9.59 Å². The van der Waals surface area contributed by atoms with Crippen molar-refractivity contribution in [3.63, 3.8) is 0 Å². The molecule has 3 rings (SSSR count). The molecule has 8 heteroatoms. The van der Waals surface area contributed by atoms with Gasteiger partial charge in [0.1, 0.15) is 17.2 Å². The molecule has 1 aliphatic rings. The fraction of sp³-hybridized carbons (Fsp3) is 0.368. The summed E-state index contributed by atoms with van der Waals surface area (Å²) in [6, 6.07) is 5.48. The molecule has 1 fully saturated rings. The van der Waals surface area contributed by atoms with Crippen molar-refractivity contribution >= 4 is 11.9 Å². The third-order valence-electron chi connectivity index (χ3n) is 4.41. The Kier molecular flexibility index (Phi) is 5.85. The van der Waals surface area contributed by atoms with Gasteiger partial charge in [-0.05, 0) is 37.8 Å². The summed E-state index contributed by atoms with van der Waals surface area (Å²) in [7, 11) is 1.59. The molecular weight excluding hydrogens is 350 g/mol. The van der Waals surface area contributed by atoms with Crippen molar-refractivity contribution in [2.45, 2.75) is 38.3 Å². The first-order chi connectivity index (χ1) is 13.1. The van der Waals surface area contributed by atoms with Crippen molar-refractivity contribution in [3.05, 3.63) is 47.5 Å². The van der Waals surface area contributed by atoms with Gasteiger partial charge in [0.25, 0.3) is 5.91 Å². The van der Waals surface area contributed by atoms with E-state index in [0.29, 0.717) is 11.5 Å². The van der Waals surface area contributed by atoms with Crippen molar-refractivity contribution in [3.8, 4) is 11.5 Å². The number of ether oxygens (including phenoxy) is 2. The van der Waals surface area contributed by atoms with Crippen molar-refractivity contribution in [1.82, 2.24) is 15.3 Å². The number of carbonyl (C=O) groups is 2. The standard InChI is InChI=1S/C19H21N3O5/c1-26-14-7-6-12(17(8-14)27-13-4-2-3-5-13)9-22-18(23)15-10-21-16(11-20-15)19(24)25/h6-8,10-11,13H,2-5,9H2,1H3,(H,22,23)(H,24,25). The molecule has 142 valence electrons. The highest BCUT2D eigenvalue weighted by atomic mass is 16.5. The fourth-order valence-corrected chi connectivity index (χ4v) is 2.93. The predicted molar refractivity (Wildman–Crippen MR) is 96.0 cm³/mol. The maximum atomic E-state index is 12.3. The number of hydrogen-bond donors (Lipinski definition) is 2. The second-order valence-electron chi connectivity index (χ2n) is 6.27. The molecule has 0 spiro atoms. The van der Waals surface area contributed by atoms with Crippen LogP contribution >= 0.6 is 0 Å². The molecule has 0 radical (unpaired) electrons. The second-order valence-corrected chi connectivity index (χ2v) is 6.27. The molecule has 0 saturated heterocycles. The predicted octanol–water partition coefficient (Wildman–Crippen LogP) is 2.43. The lowest BCUT2D eigenvalue weighted by molar-refractivity contribution is 0.0689. The molecule has 0 atom stereocenters. The van der Waals surface area contributed by atoms with Crippen molar-refractivity contribution in [1.29, 1.82) is 0 Å². The van der Waals surface area contributed by atoms with E-state index in [-0.39, 0.29) is 24.0 Å². The number of rotatable bonds is 7. The Morgan fingerprint density at radius 1 is 1.19 bits per heavy atom. The minimum atomic E-state index is -1.19. The summed E-state index contributed by atoms with van der Waals surface area (Å²) >= 11 is 0. The number of aromatic nitrogens is 2. The summed E-state index contributed by atoms with van der Waals surface area (Å²) in [6.07, 6.45) is 6.74. The number of benzene rings is 1. The molecule has 0 unspecified atom stereocenters. The first-order valence-electron chi connectivity index (χ1n) is 8.74. The summed E-state index contributed by atoms with van der Waals surface area (Å²) in [4.78, 5) is 30.6. The fourth-order valence-electron chi connectivity index (χ4n) is 2.93. The minimum Gasteiger partial charge on any atom is -0.497 e. The molecule has 1 amide bonds. The van der Waals surface area contributed by atoms with Gasteiger partial charge in [-0.3, -0.25) is 4.79 Å². The van der Waals surface area contributed by atoms with E-state index in [2.05, 4.69) is 15.3 Å². The summed E-state index contributed by atoms with van der Waals surface area (Å²) < 4.78 is 11.4. The van der Waals surface area contributed by atoms with Crippen LogP contribution in [0.3, 0.4) is 0 Å². The Morgan fingerprint density at radius 2 is 1.89 bits per heavy atom. The van der Waals surface area contributed by atoms with Crippen LogP contribution in [0, 0.1) is 0 Å². The zero-order valence-electron chi connectivity index (χ0n) is 15.0. The number of nitrogens with one attached hydrogen (secondary N) is 1. The van der Waals surface area contributed by atoms with E-state index in [1.807, 2.05) is 18.2 Å². The molecule has 2 aromatic rings. The van der Waals surface area contributed by atoms with Gasteiger partial charge in [-0.25, -0.2) is 14.8 Å². The number of aromatic carboxylic acids is 1. The van der Waals surface area contributed by atoms with Crippen LogP contribution in [0.15, 0.2) is 30.6 Å². The highest BCUT2D eigenvalue weighted by Gasteiger charge is 2.19. The highest BCUT2D eigenvalue weighted by molar-refractivity contribution is 5.92. The van der Waals surface area contributed by atoms with Crippen LogP contribution in [-0.4, -0.2) is 40.2 Å². The number of amides is 1. The van der Waals surface area contributed by atoms with Crippen LogP contribution in [-0.2, 0) is 6.54 Å². The van der Waals surface area contributed by atoms with E-state index in [4.69, 9.17) is 14.6 Å². The van der Waals surface area contributed by atoms with Crippen LogP contribution in [0.2, 0.25) is 0 Å². The first kappa shape index (κ1) is 18.6. The molecular formula is C19H21N3O5. The molecule has 1 heterocycles. The summed E-state index contributed by atoms with van der Waals surface area (Å²) in [5, 5.41) is 11.6. The molecule has 2 N–H and O–H groups in total. The van der Waals surface area contributed by atoms with Crippen molar-refractivity contribution in [2.75, 3.05) is 7.11 Å². The Balaban J connectivity index is 1.68. The normalized spacial score (nSPS) is 14.0. The number of carbonyl (C=O) groups excluding carboxylic acids is 1. The van der Waals surface area contributed by atoms with E-state index >= 15 is 0 Å². The smallest absolute Gasteiger partial charge is 0.356 e. The van der Waals surface area contributed by atoms with Crippen molar-refractivity contribution in [2.24, 2.45) is 0 Å². The number of methoxy groups -OCH3 is 1. The lowest BCUT2D eigenvalue weighted by atomic mass is 10.1. The summed E-state index contributed by atoms with van der Waals surface area (Å²) in [6.45, 7) is 0.243. The Bertz CT molecular complexity index is 817. The lowest BCUT2D eigenvalue weighted by Crippen LogP contribution is -2.25. The maximum absolute atomic E-state index is 12.3. The Hall–Kier alpha value is -3.16. The van der Waals surface area contributed by atoms with E-state index in [1.165, 1.54) is 0 Å². The van der Waals surface area contributed by atoms with Gasteiger partial charge in [-0.15, -0.1) is 0 Å². The number of carboxylic acids is 1. The number of carboxylic acid groups (broad SMARTS) is 1. The van der Waals surface area contributed by atoms with E-state index in [1.54, 1.807) is 7.11 Å². The lowest BCUT2D eigenvalue weighted by Gasteiger charge is -2.17. The topological polar surface area (TPSA) is 111 Å². The molecule has 1 saturated carbocycles. The van der Waals surface area contributed by atoms with Crippen LogP contribution in [0.1, 0.15) is 52.2 Å². The molecule has 0 aliphatic heterocycles. The molecule has 1 aliphatic carbocycles. The largest absolute Gasteiger partial charge is 0.497 e. The SMILES string of the molecule is COc1ccc(CNC(=O)c2cnc(C(=O)O)cn2)c(OC2CCCC2)c1. The zero-order chi connectivity index (χ0) is 19.2. The molecule has 1 aromatic heterocycles. The molecule has 0 bridgehead atoms. The molecule has 1 aromatic carbocycles. The Labute approximate surface area is 156 Å². The van der Waals surface area contributed by atoms with Crippen LogP contribution < -0.4 is 14.8 Å². The van der Waals surface area contributed by atoms with Gasteiger partial charge in [0.2, 0.25) is 0 Å². The van der Waals surface area contributed by atoms with Gasteiger partial charge in [-0.1, -0.05) is 0 Å². The average Bonchev–Trinajstić information content (AvgIpc) is 3.19. The second kappa shape index (κ2) is 8.48. The van der Waals surface area contributed by atoms with Gasteiger partial charge in [0, 0.05) is 18.2 Å². The van der Waals surface area contributed by atoms with Crippen LogP contribution in [0.4, 0.5) is 0 Å². The number of hydrogen-bond acceptors (Lipinski definition) is 6. The van der Waals surface area contributed by atoms with E-state index in [0.717, 1.165) is 43.6 Å². The first-order valence-corrected chi connectivity index (χ1v) is 8.74. The van der Waals surface area contributed by atoms with Gasteiger partial charge in [0.05, 0.1) is 25.6 Å². The monoisotopic (exact) mass is 371 g/mol. The van der Waals surface area contributed by atoms with Crippen LogP contribution in [0.5, 0.6) is 11.5 Å². The van der Waals surface area contributed by atoms with Gasteiger partial charge in [-0.2, -0.15) is 0 Å². The van der Waals surface area contributed by atoms with Gasteiger partial charge >= 0.3 is 5.97 Å². The molecule has 27 heavy (non-hydrogen) atoms.